The molecule has 5 rings (SSSR count). The summed E-state index contributed by atoms with van der Waals surface area (Å²) in [5.41, 5.74) is 8.46. The minimum absolute atomic E-state index is 0.0162. The van der Waals surface area contributed by atoms with Gasteiger partial charge in [0.25, 0.3) is 5.56 Å². The number of piperidine rings is 1. The Morgan fingerprint density at radius 2 is 1.86 bits per heavy atom. The van der Waals surface area contributed by atoms with Gasteiger partial charge in [0.2, 0.25) is 10.0 Å². The van der Waals surface area contributed by atoms with Gasteiger partial charge in [0.1, 0.15) is 0 Å². The largest absolute Gasteiger partial charge is 0.354 e. The zero-order valence-corrected chi connectivity index (χ0v) is 21.7. The van der Waals surface area contributed by atoms with Crippen LogP contribution in [0.25, 0.3) is 22.2 Å². The molecule has 2 aliphatic rings. The number of hydrogen-bond acceptors (Lipinski definition) is 4. The van der Waals surface area contributed by atoms with Crippen molar-refractivity contribution in [1.82, 2.24) is 14.5 Å². The Morgan fingerprint density at radius 1 is 1.14 bits per heavy atom. The average molecular weight is 497 g/mol. The van der Waals surface area contributed by atoms with Gasteiger partial charge >= 0.3 is 0 Å². The summed E-state index contributed by atoms with van der Waals surface area (Å²) in [5, 5.41) is 6.45. The molecule has 0 bridgehead atoms. The second-order valence-electron chi connectivity index (χ2n) is 10.6. The number of pyridine rings is 1. The highest BCUT2D eigenvalue weighted by molar-refractivity contribution is 7.89. The quantitative estimate of drug-likeness (QED) is 0.544. The van der Waals surface area contributed by atoms with Gasteiger partial charge in [-0.25, -0.2) is 13.6 Å². The lowest BCUT2D eigenvalue weighted by atomic mass is 9.87. The second kappa shape index (κ2) is 9.22. The van der Waals surface area contributed by atoms with Crippen molar-refractivity contribution in [3.8, 4) is 11.3 Å². The lowest BCUT2D eigenvalue weighted by Crippen LogP contribution is -2.37. The van der Waals surface area contributed by atoms with Crippen molar-refractivity contribution < 1.29 is 8.42 Å². The Balaban J connectivity index is 1.48. The fraction of sp³-hybridized carbons (Fsp3) is 0.519. The zero-order valence-electron chi connectivity index (χ0n) is 20.9. The average Bonchev–Trinajstić information content (AvgIpc) is 3.45. The third-order valence-corrected chi connectivity index (χ3v) is 8.66. The summed E-state index contributed by atoms with van der Waals surface area (Å²) in [6, 6.07) is 6.80. The van der Waals surface area contributed by atoms with Crippen LogP contribution in [0.4, 0.5) is 0 Å². The smallest absolute Gasteiger partial charge is 0.253 e. The molecular weight excluding hydrogens is 460 g/mol. The lowest BCUT2D eigenvalue weighted by Gasteiger charge is -2.32. The fourth-order valence-corrected chi connectivity index (χ4v) is 6.59. The van der Waals surface area contributed by atoms with Crippen LogP contribution < -0.4 is 10.7 Å². The van der Waals surface area contributed by atoms with Gasteiger partial charge in [-0.15, -0.1) is 0 Å². The van der Waals surface area contributed by atoms with Gasteiger partial charge in [-0.2, -0.15) is 0 Å². The Kier molecular flexibility index (Phi) is 6.40. The van der Waals surface area contributed by atoms with E-state index >= 15 is 0 Å². The molecule has 3 N–H and O–H groups in total. The first-order valence-corrected chi connectivity index (χ1v) is 14.4. The molecule has 1 fully saturated rings. The van der Waals surface area contributed by atoms with E-state index in [1.165, 1.54) is 27.6 Å². The number of primary sulfonamides is 1. The van der Waals surface area contributed by atoms with E-state index in [1.807, 2.05) is 13.2 Å². The molecule has 1 aliphatic carbocycles. The normalized spacial score (nSPS) is 17.5. The lowest BCUT2D eigenvalue weighted by molar-refractivity contribution is 0.223. The van der Waals surface area contributed by atoms with E-state index in [-0.39, 0.29) is 11.3 Å². The van der Waals surface area contributed by atoms with Crippen LogP contribution in [0.5, 0.6) is 0 Å². The third kappa shape index (κ3) is 4.71. The Bertz CT molecular complexity index is 1430. The Morgan fingerprint density at radius 3 is 2.54 bits per heavy atom. The molecule has 0 amide bonds. The number of aromatic amines is 1. The summed E-state index contributed by atoms with van der Waals surface area (Å²) in [6.45, 7) is 6.76. The number of sulfonamides is 1. The summed E-state index contributed by atoms with van der Waals surface area (Å²) in [5.74, 6) is 0.816. The first-order chi connectivity index (χ1) is 16.6. The number of fused-ring (bicyclic) bond motifs is 2. The van der Waals surface area contributed by atoms with Crippen LogP contribution in [0.3, 0.4) is 0 Å². The van der Waals surface area contributed by atoms with E-state index in [0.29, 0.717) is 18.4 Å². The molecule has 188 valence electrons. The highest BCUT2D eigenvalue weighted by Crippen LogP contribution is 2.40. The van der Waals surface area contributed by atoms with E-state index < -0.39 is 10.0 Å². The summed E-state index contributed by atoms with van der Waals surface area (Å²) < 4.78 is 24.3. The minimum atomic E-state index is -3.42. The van der Waals surface area contributed by atoms with Crippen LogP contribution in [0.2, 0.25) is 0 Å². The number of aryl methyl sites for hydroxylation is 1. The first kappa shape index (κ1) is 24.3. The number of aromatic nitrogens is 2. The molecule has 7 nitrogen and oxygen atoms in total. The first-order valence-electron chi connectivity index (χ1n) is 12.7. The molecule has 3 aromatic rings. The van der Waals surface area contributed by atoms with Crippen LogP contribution in [0.15, 0.2) is 29.2 Å². The van der Waals surface area contributed by atoms with Gasteiger partial charge in [-0.05, 0) is 85.9 Å². The van der Waals surface area contributed by atoms with Gasteiger partial charge in [-0.3, -0.25) is 4.79 Å². The number of nitrogens with two attached hydrogens (primary N) is 1. The number of likely N-dealkylation sites (tertiary alicyclic amines) is 1. The van der Waals surface area contributed by atoms with Crippen LogP contribution in [-0.2, 0) is 29.9 Å². The van der Waals surface area contributed by atoms with Crippen LogP contribution in [0, 0.1) is 0 Å². The van der Waals surface area contributed by atoms with Gasteiger partial charge in [-0.1, -0.05) is 19.9 Å². The Hall–Kier alpha value is -2.42. The van der Waals surface area contributed by atoms with Gasteiger partial charge in [0.05, 0.1) is 11.4 Å². The zero-order chi connectivity index (χ0) is 24.9. The molecule has 8 heteroatoms. The van der Waals surface area contributed by atoms with Crippen LogP contribution in [0.1, 0.15) is 67.2 Å². The van der Waals surface area contributed by atoms with Gasteiger partial charge in [0, 0.05) is 41.8 Å². The van der Waals surface area contributed by atoms with Crippen LogP contribution in [-0.4, -0.2) is 48.3 Å². The van der Waals surface area contributed by atoms with Crippen molar-refractivity contribution >= 4 is 20.9 Å². The predicted molar refractivity (Wildman–Crippen MR) is 141 cm³/mol. The number of rotatable bonds is 6. The highest BCUT2D eigenvalue weighted by atomic mass is 32.2. The van der Waals surface area contributed by atoms with Gasteiger partial charge < -0.3 is 14.5 Å². The molecule has 35 heavy (non-hydrogen) atoms. The van der Waals surface area contributed by atoms with Crippen molar-refractivity contribution in [3.63, 3.8) is 0 Å². The molecule has 0 saturated carbocycles. The Labute approximate surface area is 207 Å². The molecule has 1 saturated heterocycles. The molecule has 0 unspecified atom stereocenters. The maximum Gasteiger partial charge on any atom is 0.253 e. The molecular formula is C27H36N4O3S. The highest BCUT2D eigenvalue weighted by Gasteiger charge is 2.26. The number of H-pyrrole nitrogens is 1. The van der Waals surface area contributed by atoms with E-state index in [9.17, 15) is 13.2 Å². The number of nitrogens with one attached hydrogen (secondary N) is 1. The topological polar surface area (TPSA) is 101 Å². The fourth-order valence-electron chi connectivity index (χ4n) is 6.08. The standard InChI is InChI=1S/C27H36N4O3S/c1-17(2)25-22-15-19(18-9-11-31(12-10-18)13-14-35(28,33)34)7-8-24(22)29-26(25)23-16-30(3)27(32)21-6-4-5-20(21)23/h7-8,15-18,29H,4-6,9-14H2,1-3H3,(H2,28,33,34). The molecule has 0 spiro atoms. The molecule has 0 radical (unpaired) electrons. The van der Waals surface area contributed by atoms with E-state index in [2.05, 4.69) is 41.9 Å². The van der Waals surface area contributed by atoms with Crippen LogP contribution >= 0.6 is 0 Å². The maximum atomic E-state index is 12.7. The van der Waals surface area contributed by atoms with Crippen molar-refractivity contribution in [2.24, 2.45) is 12.2 Å². The SMILES string of the molecule is CC(C)c1c(-c2cn(C)c(=O)c3c2CCC3)[nH]c2ccc(C3CCN(CCS(N)(=O)=O)CC3)cc12. The summed E-state index contributed by atoms with van der Waals surface area (Å²) >= 11 is 0. The minimum Gasteiger partial charge on any atom is -0.354 e. The van der Waals surface area contributed by atoms with E-state index in [1.54, 1.807) is 4.57 Å². The van der Waals surface area contributed by atoms with E-state index in [4.69, 9.17) is 5.14 Å². The maximum absolute atomic E-state index is 12.7. The van der Waals surface area contributed by atoms with Gasteiger partial charge in [0.15, 0.2) is 0 Å². The van der Waals surface area contributed by atoms with Crippen molar-refractivity contribution in [2.75, 3.05) is 25.4 Å². The molecule has 0 atom stereocenters. The summed E-state index contributed by atoms with van der Waals surface area (Å²) in [4.78, 5) is 18.6. The number of hydrogen-bond donors (Lipinski definition) is 2. The predicted octanol–water partition coefficient (Wildman–Crippen LogP) is 3.61. The van der Waals surface area contributed by atoms with Crippen molar-refractivity contribution in [1.29, 1.82) is 0 Å². The molecule has 2 aromatic heterocycles. The third-order valence-electron chi connectivity index (χ3n) is 7.90. The molecule has 1 aliphatic heterocycles. The number of nitrogens with zero attached hydrogens (tertiary/aromatic N) is 2. The molecule has 3 heterocycles. The summed E-state index contributed by atoms with van der Waals surface area (Å²) in [7, 11) is -1.56. The van der Waals surface area contributed by atoms with Crippen molar-refractivity contribution in [3.05, 3.63) is 57.0 Å². The molecule has 1 aromatic carbocycles. The monoisotopic (exact) mass is 496 g/mol. The summed E-state index contributed by atoms with van der Waals surface area (Å²) in [6.07, 6.45) is 6.91. The second-order valence-corrected chi connectivity index (χ2v) is 12.4. The van der Waals surface area contributed by atoms with Crippen molar-refractivity contribution in [2.45, 2.75) is 57.8 Å². The van der Waals surface area contributed by atoms with E-state index in [0.717, 1.165) is 62.0 Å². The number of benzene rings is 1.